The number of halogens is 3. The number of nitrogen functional groups attached to an aromatic ring is 1. The molecule has 0 bridgehead atoms. The Hall–Kier alpha value is -2.77. The first-order chi connectivity index (χ1) is 9.38. The lowest BCUT2D eigenvalue weighted by molar-refractivity contribution is 0.0996. The van der Waals surface area contributed by atoms with Crippen LogP contribution in [-0.2, 0) is 0 Å². The quantitative estimate of drug-likeness (QED) is 0.801. The van der Waals surface area contributed by atoms with E-state index < -0.39 is 29.0 Å². The maximum Gasteiger partial charge on any atom is 0.267 e. The van der Waals surface area contributed by atoms with Crippen LogP contribution in [-0.4, -0.2) is 10.9 Å². The zero-order chi connectivity index (χ0) is 14.9. The summed E-state index contributed by atoms with van der Waals surface area (Å²) < 4.78 is 39.8. The lowest BCUT2D eigenvalue weighted by Gasteiger charge is -2.11. The average Bonchev–Trinajstić information content (AvgIpc) is 2.35. The lowest BCUT2D eigenvalue weighted by Crippen LogP contribution is -2.14. The maximum absolute atomic E-state index is 13.5. The number of primary amides is 1. The summed E-state index contributed by atoms with van der Waals surface area (Å²) in [6, 6.07) is 3.56. The van der Waals surface area contributed by atoms with Gasteiger partial charge < -0.3 is 16.8 Å². The fraction of sp³-hybridized carbons (Fsp3) is 0. The Bertz CT molecular complexity index is 667. The topological polar surface area (TPSA) is 94.0 Å². The number of hydrogen-bond donors (Lipinski definition) is 3. The fourth-order valence-electron chi connectivity index (χ4n) is 1.49. The van der Waals surface area contributed by atoms with Crippen molar-refractivity contribution in [2.75, 3.05) is 11.1 Å². The Morgan fingerprint density at radius 2 is 1.75 bits per heavy atom. The van der Waals surface area contributed by atoms with Crippen LogP contribution in [0.15, 0.2) is 24.3 Å². The molecular formula is C12H9F3N4O. The van der Waals surface area contributed by atoms with Crippen LogP contribution in [0.5, 0.6) is 0 Å². The standard InChI is InChI=1S/C12H9F3N4O/c13-5-3-6(14)10(7(15)4-5)19-12-8(16)1-2-9(18-12)11(17)20/h1-4H,16H2,(H2,17,20)(H,18,19). The molecule has 0 spiro atoms. The zero-order valence-corrected chi connectivity index (χ0v) is 9.95. The van der Waals surface area contributed by atoms with Crippen molar-refractivity contribution in [3.8, 4) is 0 Å². The number of hydrogen-bond acceptors (Lipinski definition) is 4. The molecular weight excluding hydrogens is 273 g/mol. The molecule has 1 amide bonds. The van der Waals surface area contributed by atoms with Gasteiger partial charge in [-0.1, -0.05) is 0 Å². The van der Waals surface area contributed by atoms with Crippen LogP contribution in [0.4, 0.5) is 30.4 Å². The zero-order valence-electron chi connectivity index (χ0n) is 9.95. The summed E-state index contributed by atoms with van der Waals surface area (Å²) in [4.78, 5) is 14.7. The number of rotatable bonds is 3. The lowest BCUT2D eigenvalue weighted by atomic mass is 10.2. The minimum Gasteiger partial charge on any atom is -0.396 e. The minimum atomic E-state index is -1.16. The second-order valence-corrected chi connectivity index (χ2v) is 3.87. The average molecular weight is 282 g/mol. The molecule has 0 saturated carbocycles. The van der Waals surface area contributed by atoms with Gasteiger partial charge in [-0.25, -0.2) is 18.2 Å². The van der Waals surface area contributed by atoms with E-state index in [0.717, 1.165) is 0 Å². The van der Waals surface area contributed by atoms with Gasteiger partial charge in [-0.3, -0.25) is 4.79 Å². The summed E-state index contributed by atoms with van der Waals surface area (Å²) in [5, 5.41) is 2.27. The van der Waals surface area contributed by atoms with E-state index in [0.29, 0.717) is 12.1 Å². The molecule has 0 saturated heterocycles. The van der Waals surface area contributed by atoms with E-state index in [1.807, 2.05) is 0 Å². The Kier molecular flexibility index (Phi) is 3.47. The normalized spacial score (nSPS) is 10.3. The van der Waals surface area contributed by atoms with Crippen LogP contribution in [0.2, 0.25) is 0 Å². The van der Waals surface area contributed by atoms with Crippen molar-refractivity contribution in [2.45, 2.75) is 0 Å². The summed E-state index contributed by atoms with van der Waals surface area (Å²) in [6.07, 6.45) is 0. The van der Waals surface area contributed by atoms with E-state index in [-0.39, 0.29) is 17.2 Å². The van der Waals surface area contributed by atoms with Crippen molar-refractivity contribution >= 4 is 23.1 Å². The molecule has 1 aromatic heterocycles. The molecule has 0 atom stereocenters. The third-order valence-corrected chi connectivity index (χ3v) is 2.43. The van der Waals surface area contributed by atoms with Gasteiger partial charge in [0.1, 0.15) is 17.2 Å². The van der Waals surface area contributed by atoms with Gasteiger partial charge in [0.2, 0.25) is 0 Å². The molecule has 0 fully saturated rings. The summed E-state index contributed by atoms with van der Waals surface area (Å²) in [6.45, 7) is 0. The van der Waals surface area contributed by atoms with Crippen molar-refractivity contribution in [2.24, 2.45) is 5.73 Å². The molecule has 5 nitrogen and oxygen atoms in total. The van der Waals surface area contributed by atoms with Crippen LogP contribution in [0.25, 0.3) is 0 Å². The number of nitrogens with one attached hydrogen (secondary N) is 1. The molecule has 2 rings (SSSR count). The molecule has 20 heavy (non-hydrogen) atoms. The Morgan fingerprint density at radius 1 is 1.15 bits per heavy atom. The predicted molar refractivity (Wildman–Crippen MR) is 66.8 cm³/mol. The molecule has 0 unspecified atom stereocenters. The molecule has 5 N–H and O–H groups in total. The molecule has 2 aromatic rings. The van der Waals surface area contributed by atoms with Gasteiger partial charge in [0.05, 0.1) is 5.69 Å². The van der Waals surface area contributed by atoms with E-state index in [2.05, 4.69) is 10.3 Å². The molecule has 0 aliphatic carbocycles. The van der Waals surface area contributed by atoms with E-state index >= 15 is 0 Å². The molecule has 0 aliphatic rings. The maximum atomic E-state index is 13.5. The van der Waals surface area contributed by atoms with E-state index in [1.54, 1.807) is 0 Å². The van der Waals surface area contributed by atoms with Crippen LogP contribution >= 0.6 is 0 Å². The summed E-state index contributed by atoms with van der Waals surface area (Å²) in [5.41, 5.74) is 9.88. The van der Waals surface area contributed by atoms with Crippen LogP contribution < -0.4 is 16.8 Å². The van der Waals surface area contributed by atoms with Crippen molar-refractivity contribution in [3.05, 3.63) is 47.4 Å². The van der Waals surface area contributed by atoms with E-state index in [1.165, 1.54) is 12.1 Å². The molecule has 0 radical (unpaired) electrons. The first kappa shape index (κ1) is 13.7. The van der Waals surface area contributed by atoms with Gasteiger partial charge in [0.25, 0.3) is 5.91 Å². The highest BCUT2D eigenvalue weighted by Crippen LogP contribution is 2.26. The number of amides is 1. The number of pyridine rings is 1. The Labute approximate surface area is 111 Å². The Morgan fingerprint density at radius 3 is 2.30 bits per heavy atom. The second-order valence-electron chi connectivity index (χ2n) is 3.87. The van der Waals surface area contributed by atoms with Crippen molar-refractivity contribution < 1.29 is 18.0 Å². The summed E-state index contributed by atoms with van der Waals surface area (Å²) in [5.74, 6) is -4.36. The molecule has 104 valence electrons. The molecule has 0 aliphatic heterocycles. The van der Waals surface area contributed by atoms with Gasteiger partial charge >= 0.3 is 0 Å². The van der Waals surface area contributed by atoms with E-state index in [9.17, 15) is 18.0 Å². The number of aromatic nitrogens is 1. The number of benzene rings is 1. The summed E-state index contributed by atoms with van der Waals surface area (Å²) >= 11 is 0. The van der Waals surface area contributed by atoms with E-state index in [4.69, 9.17) is 11.5 Å². The first-order valence-corrected chi connectivity index (χ1v) is 5.36. The third kappa shape index (κ3) is 2.63. The smallest absolute Gasteiger partial charge is 0.267 e. The van der Waals surface area contributed by atoms with Gasteiger partial charge in [-0.15, -0.1) is 0 Å². The molecule has 1 heterocycles. The van der Waals surface area contributed by atoms with Crippen LogP contribution in [0, 0.1) is 17.5 Å². The minimum absolute atomic E-state index is 0.0399. The highest BCUT2D eigenvalue weighted by atomic mass is 19.1. The van der Waals surface area contributed by atoms with Crippen LogP contribution in [0.3, 0.4) is 0 Å². The van der Waals surface area contributed by atoms with Gasteiger partial charge in [-0.2, -0.15) is 0 Å². The predicted octanol–water partition coefficient (Wildman–Crippen LogP) is 1.92. The highest BCUT2D eigenvalue weighted by molar-refractivity contribution is 5.92. The molecule has 8 heteroatoms. The Balaban J connectivity index is 2.45. The van der Waals surface area contributed by atoms with Crippen LogP contribution in [0.1, 0.15) is 10.5 Å². The van der Waals surface area contributed by atoms with Gasteiger partial charge in [-0.05, 0) is 12.1 Å². The van der Waals surface area contributed by atoms with Gasteiger partial charge in [0.15, 0.2) is 17.5 Å². The number of carbonyl (C=O) groups is 1. The monoisotopic (exact) mass is 282 g/mol. The largest absolute Gasteiger partial charge is 0.396 e. The SMILES string of the molecule is NC(=O)c1ccc(N)c(Nc2c(F)cc(F)cc2F)n1. The first-order valence-electron chi connectivity index (χ1n) is 5.36. The highest BCUT2D eigenvalue weighted by Gasteiger charge is 2.14. The second kappa shape index (κ2) is 5.08. The van der Waals surface area contributed by atoms with Crippen molar-refractivity contribution in [1.82, 2.24) is 4.98 Å². The number of anilines is 3. The molecule has 1 aromatic carbocycles. The number of nitrogens with zero attached hydrogens (tertiary/aromatic N) is 1. The fourth-order valence-corrected chi connectivity index (χ4v) is 1.49. The van der Waals surface area contributed by atoms with Crippen molar-refractivity contribution in [3.63, 3.8) is 0 Å². The number of nitrogens with two attached hydrogens (primary N) is 2. The third-order valence-electron chi connectivity index (χ3n) is 2.43. The summed E-state index contributed by atoms with van der Waals surface area (Å²) in [7, 11) is 0. The van der Waals surface area contributed by atoms with Gasteiger partial charge in [0, 0.05) is 12.1 Å². The number of carbonyl (C=O) groups excluding carboxylic acids is 1. The van der Waals surface area contributed by atoms with Crippen molar-refractivity contribution in [1.29, 1.82) is 0 Å².